The van der Waals surface area contributed by atoms with Crippen molar-refractivity contribution in [3.63, 3.8) is 0 Å². The van der Waals surface area contributed by atoms with Gasteiger partial charge in [-0.15, -0.1) is 0 Å². The second kappa shape index (κ2) is 10.2. The molecule has 0 aromatic heterocycles. The predicted octanol–water partition coefficient (Wildman–Crippen LogP) is 4.79. The van der Waals surface area contributed by atoms with E-state index in [0.29, 0.717) is 13.0 Å². The van der Waals surface area contributed by atoms with Crippen LogP contribution in [-0.4, -0.2) is 27.0 Å². The minimum Gasteiger partial charge on any atom is -0.458 e. The largest absolute Gasteiger partial charge is 0.458 e. The van der Waals surface area contributed by atoms with Crippen molar-refractivity contribution in [1.82, 2.24) is 0 Å². The zero-order valence-corrected chi connectivity index (χ0v) is 19.6. The zero-order chi connectivity index (χ0) is 20.6. The van der Waals surface area contributed by atoms with Gasteiger partial charge in [0.2, 0.25) is 0 Å². The quantitative estimate of drug-likeness (QED) is 0.419. The average molecular weight is 461 g/mol. The molecule has 0 aliphatic heterocycles. The fourth-order valence-electron chi connectivity index (χ4n) is 3.58. The molecule has 150 valence electrons. The highest BCUT2D eigenvalue weighted by molar-refractivity contribution is 9.11. The third kappa shape index (κ3) is 5.43. The Morgan fingerprint density at radius 3 is 1.93 bits per heavy atom. The van der Waals surface area contributed by atoms with Gasteiger partial charge in [0.1, 0.15) is 6.10 Å². The number of esters is 1. The van der Waals surface area contributed by atoms with Crippen LogP contribution in [0.4, 0.5) is 0 Å². The van der Waals surface area contributed by atoms with Crippen LogP contribution in [0.2, 0.25) is 5.04 Å². The third-order valence-corrected chi connectivity index (χ3v) is 10.1. The molecule has 3 nitrogen and oxygen atoms in total. The van der Waals surface area contributed by atoms with E-state index in [9.17, 15) is 4.79 Å². The lowest BCUT2D eigenvalue weighted by Crippen LogP contribution is -2.66. The van der Waals surface area contributed by atoms with E-state index in [-0.39, 0.29) is 17.1 Å². The van der Waals surface area contributed by atoms with Gasteiger partial charge in [-0.2, -0.15) is 0 Å². The van der Waals surface area contributed by atoms with E-state index in [4.69, 9.17) is 9.16 Å². The fourth-order valence-corrected chi connectivity index (χ4v) is 8.50. The minimum absolute atomic E-state index is 0.0715. The van der Waals surface area contributed by atoms with E-state index in [1.54, 1.807) is 4.99 Å². The first-order chi connectivity index (χ1) is 13.3. The number of hydrogen-bond donors (Lipinski definition) is 0. The maximum absolute atomic E-state index is 11.4. The summed E-state index contributed by atoms with van der Waals surface area (Å²) < 4.78 is 12.2. The second-order valence-corrected chi connectivity index (χ2v) is 12.6. The van der Waals surface area contributed by atoms with Crippen molar-refractivity contribution in [1.29, 1.82) is 0 Å². The Morgan fingerprint density at radius 1 is 1.04 bits per heavy atom. The number of ether oxygens (including phenoxy) is 1. The first-order valence-corrected chi connectivity index (χ1v) is 12.3. The third-order valence-electron chi connectivity index (χ3n) is 4.74. The summed E-state index contributed by atoms with van der Waals surface area (Å²) in [4.78, 5) is 13.1. The molecule has 28 heavy (non-hydrogen) atoms. The molecule has 0 radical (unpaired) electrons. The molecule has 0 saturated heterocycles. The normalized spacial score (nSPS) is 13.5. The molecule has 2 rings (SSSR count). The first kappa shape index (κ1) is 22.6. The number of carbonyl (C=O) groups is 1. The maximum atomic E-state index is 11.4. The summed E-state index contributed by atoms with van der Waals surface area (Å²) in [6.45, 7) is 8.68. The number of hydrogen-bond acceptors (Lipinski definition) is 3. The summed E-state index contributed by atoms with van der Waals surface area (Å²) in [7, 11) is -2.56. The van der Waals surface area contributed by atoms with Gasteiger partial charge in [-0.1, -0.05) is 97.4 Å². The lowest BCUT2D eigenvalue weighted by atomic mass is 10.2. The number of carbonyl (C=O) groups excluding carboxylic acids is 1. The van der Waals surface area contributed by atoms with E-state index in [1.807, 2.05) is 18.2 Å². The number of benzene rings is 2. The molecule has 5 heteroatoms. The Bertz CT molecular complexity index is 730. The van der Waals surface area contributed by atoms with Crippen LogP contribution < -0.4 is 10.4 Å². The van der Waals surface area contributed by atoms with Gasteiger partial charge in [-0.3, -0.25) is 4.79 Å². The van der Waals surface area contributed by atoms with Gasteiger partial charge in [0, 0.05) is 20.0 Å². The van der Waals surface area contributed by atoms with Gasteiger partial charge in [-0.25, -0.2) is 0 Å². The topological polar surface area (TPSA) is 35.5 Å². The molecule has 1 atom stereocenters. The van der Waals surface area contributed by atoms with Gasteiger partial charge in [-0.05, 0) is 26.5 Å². The highest BCUT2D eigenvalue weighted by atomic mass is 79.9. The molecular weight excluding hydrogens is 432 g/mol. The minimum atomic E-state index is -2.56. The SMILES string of the molecule is CC(=O)O[C@H](/C=C\Br)CCO[Si](c1ccccc1)(c1ccccc1)C(C)(C)C. The molecule has 0 fully saturated rings. The van der Waals surface area contributed by atoms with E-state index in [0.717, 1.165) is 0 Å². The van der Waals surface area contributed by atoms with E-state index in [2.05, 4.69) is 85.2 Å². The Morgan fingerprint density at radius 2 is 1.54 bits per heavy atom. The van der Waals surface area contributed by atoms with Gasteiger partial charge >= 0.3 is 5.97 Å². The highest BCUT2D eigenvalue weighted by Gasteiger charge is 2.50. The molecule has 0 amide bonds. The maximum Gasteiger partial charge on any atom is 0.303 e. The molecule has 0 aliphatic rings. The molecule has 0 bridgehead atoms. The van der Waals surface area contributed by atoms with Crippen molar-refractivity contribution < 1.29 is 14.0 Å². The molecule has 2 aromatic carbocycles. The standard InChI is InChI=1S/C23H29BrO3Si/c1-19(25)27-20(15-17-24)16-18-26-28(23(2,3)4,21-11-7-5-8-12-21)22-13-9-6-10-14-22/h5-15,17,20H,16,18H2,1-4H3/b17-15-/t20-/m1/s1. The van der Waals surface area contributed by atoms with Crippen LogP contribution in [0.3, 0.4) is 0 Å². The molecule has 0 unspecified atom stereocenters. The summed E-state index contributed by atoms with van der Waals surface area (Å²) in [6, 6.07) is 21.1. The summed E-state index contributed by atoms with van der Waals surface area (Å²) in [6.07, 6.45) is 2.12. The van der Waals surface area contributed by atoms with Crippen molar-refractivity contribution >= 4 is 40.6 Å². The molecule has 0 spiro atoms. The van der Waals surface area contributed by atoms with Crippen molar-refractivity contribution in [2.75, 3.05) is 6.61 Å². The average Bonchev–Trinajstić information content (AvgIpc) is 2.65. The van der Waals surface area contributed by atoms with Crippen molar-refractivity contribution in [3.8, 4) is 0 Å². The Balaban J connectivity index is 2.40. The van der Waals surface area contributed by atoms with Crippen LogP contribution in [0.5, 0.6) is 0 Å². The monoisotopic (exact) mass is 460 g/mol. The summed E-state index contributed by atoms with van der Waals surface area (Å²) in [5, 5.41) is 2.42. The molecule has 0 aliphatic carbocycles. The van der Waals surface area contributed by atoms with Crippen LogP contribution in [-0.2, 0) is 14.0 Å². The first-order valence-electron chi connectivity index (χ1n) is 9.50. The van der Waals surface area contributed by atoms with Gasteiger partial charge < -0.3 is 9.16 Å². The van der Waals surface area contributed by atoms with Crippen LogP contribution in [0, 0.1) is 0 Å². The van der Waals surface area contributed by atoms with E-state index in [1.165, 1.54) is 17.3 Å². The van der Waals surface area contributed by atoms with Crippen molar-refractivity contribution in [3.05, 3.63) is 71.7 Å². The fraction of sp³-hybridized carbons (Fsp3) is 0.348. The summed E-state index contributed by atoms with van der Waals surface area (Å²) >= 11 is 3.27. The lowest BCUT2D eigenvalue weighted by Gasteiger charge is -2.43. The molecular formula is C23H29BrO3Si. The number of rotatable bonds is 8. The second-order valence-electron chi connectivity index (χ2n) is 7.77. The van der Waals surface area contributed by atoms with Crippen LogP contribution >= 0.6 is 15.9 Å². The lowest BCUT2D eigenvalue weighted by molar-refractivity contribution is -0.144. The summed E-state index contributed by atoms with van der Waals surface area (Å²) in [5.41, 5.74) is 0. The number of halogens is 1. The van der Waals surface area contributed by atoms with Gasteiger partial charge in [0.25, 0.3) is 8.32 Å². The molecule has 2 aromatic rings. The Hall–Kier alpha value is -1.69. The van der Waals surface area contributed by atoms with Crippen LogP contribution in [0.1, 0.15) is 34.1 Å². The highest BCUT2D eigenvalue weighted by Crippen LogP contribution is 2.36. The van der Waals surface area contributed by atoms with E-state index >= 15 is 0 Å². The molecule has 0 N–H and O–H groups in total. The molecule has 0 saturated carbocycles. The van der Waals surface area contributed by atoms with Gasteiger partial charge in [0.15, 0.2) is 0 Å². The summed E-state index contributed by atoms with van der Waals surface area (Å²) in [5.74, 6) is -0.291. The van der Waals surface area contributed by atoms with Crippen LogP contribution in [0.15, 0.2) is 71.7 Å². The van der Waals surface area contributed by atoms with Crippen molar-refractivity contribution in [2.24, 2.45) is 0 Å². The van der Waals surface area contributed by atoms with E-state index < -0.39 is 8.32 Å². The smallest absolute Gasteiger partial charge is 0.303 e. The van der Waals surface area contributed by atoms with Crippen LogP contribution in [0.25, 0.3) is 0 Å². The van der Waals surface area contributed by atoms with Crippen molar-refractivity contribution in [2.45, 2.75) is 45.3 Å². The Labute approximate surface area is 178 Å². The zero-order valence-electron chi connectivity index (χ0n) is 17.0. The predicted molar refractivity (Wildman–Crippen MR) is 122 cm³/mol. The molecule has 0 heterocycles. The van der Waals surface area contributed by atoms with Gasteiger partial charge in [0.05, 0.1) is 0 Å². The Kier molecular flexibility index (Phi) is 8.22.